The molecule has 52 valence electrons. The van der Waals surface area contributed by atoms with E-state index < -0.39 is 0 Å². The van der Waals surface area contributed by atoms with Crippen molar-refractivity contribution >= 4 is 21.6 Å². The fourth-order valence-corrected chi connectivity index (χ4v) is 1.34. The van der Waals surface area contributed by atoms with Crippen LogP contribution in [0.3, 0.4) is 0 Å². The van der Waals surface area contributed by atoms with Crippen LogP contribution in [0, 0.1) is 6.92 Å². The van der Waals surface area contributed by atoms with Gasteiger partial charge < -0.3 is 0 Å². The molecule has 0 radical (unpaired) electrons. The Kier molecular flexibility index (Phi) is 1.11. The van der Waals surface area contributed by atoms with Crippen molar-refractivity contribution in [2.75, 3.05) is 0 Å². The molecular formula is C6H6BrN3. The Morgan fingerprint density at radius 2 is 2.50 bits per heavy atom. The fourth-order valence-electron chi connectivity index (χ4n) is 0.954. The lowest BCUT2D eigenvalue weighted by Gasteiger charge is -1.79. The standard InChI is InChI=1S/C6H6BrN3/c1-4-5(7)6-8-2-3-10(6)9-4/h2-3,9H,1H3. The summed E-state index contributed by atoms with van der Waals surface area (Å²) in [6, 6.07) is 0. The number of aryl methyl sites for hydroxylation is 1. The largest absolute Gasteiger partial charge is 0.296 e. The summed E-state index contributed by atoms with van der Waals surface area (Å²) in [6.07, 6.45) is 3.64. The van der Waals surface area contributed by atoms with Crippen molar-refractivity contribution in [3.63, 3.8) is 0 Å². The molecule has 0 aliphatic carbocycles. The fraction of sp³-hybridized carbons (Fsp3) is 0.167. The van der Waals surface area contributed by atoms with E-state index in [1.807, 2.05) is 17.6 Å². The Hall–Kier alpha value is -0.770. The van der Waals surface area contributed by atoms with Gasteiger partial charge in [-0.15, -0.1) is 0 Å². The molecule has 1 N–H and O–H groups in total. The summed E-state index contributed by atoms with van der Waals surface area (Å²) in [6.45, 7) is 2.00. The van der Waals surface area contributed by atoms with E-state index >= 15 is 0 Å². The predicted octanol–water partition coefficient (Wildman–Crippen LogP) is 1.73. The number of H-pyrrole nitrogens is 1. The van der Waals surface area contributed by atoms with Crippen LogP contribution in [-0.2, 0) is 0 Å². The summed E-state index contributed by atoms with van der Waals surface area (Å²) in [4.78, 5) is 4.12. The van der Waals surface area contributed by atoms with Gasteiger partial charge in [0.2, 0.25) is 0 Å². The van der Waals surface area contributed by atoms with Crippen LogP contribution in [0.1, 0.15) is 5.69 Å². The smallest absolute Gasteiger partial charge is 0.167 e. The number of hydrogen-bond acceptors (Lipinski definition) is 1. The third-order valence-corrected chi connectivity index (χ3v) is 2.40. The number of aromatic amines is 1. The second-order valence-corrected chi connectivity index (χ2v) is 2.96. The van der Waals surface area contributed by atoms with Gasteiger partial charge in [0, 0.05) is 18.1 Å². The van der Waals surface area contributed by atoms with Crippen LogP contribution < -0.4 is 0 Å². The van der Waals surface area contributed by atoms with Crippen LogP contribution in [0.2, 0.25) is 0 Å². The average molecular weight is 200 g/mol. The molecule has 2 rings (SSSR count). The van der Waals surface area contributed by atoms with Crippen LogP contribution in [-0.4, -0.2) is 14.6 Å². The van der Waals surface area contributed by atoms with Gasteiger partial charge in [-0.1, -0.05) is 0 Å². The lowest BCUT2D eigenvalue weighted by atomic mass is 10.5. The molecule has 0 amide bonds. The van der Waals surface area contributed by atoms with E-state index in [4.69, 9.17) is 0 Å². The van der Waals surface area contributed by atoms with Gasteiger partial charge >= 0.3 is 0 Å². The summed E-state index contributed by atoms with van der Waals surface area (Å²) in [5.41, 5.74) is 2.04. The van der Waals surface area contributed by atoms with Crippen molar-refractivity contribution in [2.45, 2.75) is 6.92 Å². The quantitative estimate of drug-likeness (QED) is 0.690. The van der Waals surface area contributed by atoms with Crippen molar-refractivity contribution < 1.29 is 0 Å². The van der Waals surface area contributed by atoms with Crippen LogP contribution in [0.15, 0.2) is 16.9 Å². The molecular weight excluding hydrogens is 194 g/mol. The van der Waals surface area contributed by atoms with E-state index in [1.54, 1.807) is 6.20 Å². The molecule has 2 heterocycles. The second kappa shape index (κ2) is 1.85. The molecule has 0 aromatic carbocycles. The molecule has 0 aliphatic rings. The number of imidazole rings is 1. The second-order valence-electron chi connectivity index (χ2n) is 2.17. The van der Waals surface area contributed by atoms with Crippen LogP contribution in [0.25, 0.3) is 5.65 Å². The van der Waals surface area contributed by atoms with Crippen molar-refractivity contribution in [3.05, 3.63) is 22.6 Å². The third-order valence-electron chi connectivity index (χ3n) is 1.45. The van der Waals surface area contributed by atoms with Gasteiger partial charge in [0.1, 0.15) is 0 Å². The number of fused-ring (bicyclic) bond motifs is 1. The van der Waals surface area contributed by atoms with E-state index in [1.165, 1.54) is 0 Å². The summed E-state index contributed by atoms with van der Waals surface area (Å²) >= 11 is 3.42. The number of aromatic nitrogens is 3. The van der Waals surface area contributed by atoms with E-state index in [2.05, 4.69) is 26.0 Å². The SMILES string of the molecule is Cc1[nH]n2ccnc2c1Br. The summed E-state index contributed by atoms with van der Waals surface area (Å²) in [7, 11) is 0. The first kappa shape index (κ1) is 5.97. The minimum absolute atomic E-state index is 0.942. The Balaban J connectivity index is 2.95. The zero-order valence-corrected chi connectivity index (χ0v) is 7.01. The zero-order valence-electron chi connectivity index (χ0n) is 5.43. The summed E-state index contributed by atoms with van der Waals surface area (Å²) in [5, 5.41) is 3.11. The zero-order chi connectivity index (χ0) is 7.14. The lowest BCUT2D eigenvalue weighted by Crippen LogP contribution is -1.78. The van der Waals surface area contributed by atoms with Crippen LogP contribution >= 0.6 is 15.9 Å². The predicted molar refractivity (Wildman–Crippen MR) is 42.0 cm³/mol. The van der Waals surface area contributed by atoms with Gasteiger partial charge in [0.05, 0.1) is 4.47 Å². The van der Waals surface area contributed by atoms with Crippen LogP contribution in [0.5, 0.6) is 0 Å². The molecule has 3 nitrogen and oxygen atoms in total. The molecule has 0 aliphatic heterocycles. The highest BCUT2D eigenvalue weighted by Crippen LogP contribution is 2.19. The average Bonchev–Trinajstić information content (AvgIpc) is 2.41. The Morgan fingerprint density at radius 3 is 3.20 bits per heavy atom. The lowest BCUT2D eigenvalue weighted by molar-refractivity contribution is 0.944. The third kappa shape index (κ3) is 0.623. The number of nitrogens with one attached hydrogen (secondary N) is 1. The van der Waals surface area contributed by atoms with Crippen molar-refractivity contribution in [3.8, 4) is 0 Å². The molecule has 0 saturated carbocycles. The molecule has 0 atom stereocenters. The van der Waals surface area contributed by atoms with E-state index in [9.17, 15) is 0 Å². The number of nitrogens with zero attached hydrogens (tertiary/aromatic N) is 2. The first-order valence-corrected chi connectivity index (χ1v) is 3.75. The highest BCUT2D eigenvalue weighted by atomic mass is 79.9. The highest BCUT2D eigenvalue weighted by molar-refractivity contribution is 9.10. The first-order chi connectivity index (χ1) is 4.79. The van der Waals surface area contributed by atoms with Crippen molar-refractivity contribution in [1.29, 1.82) is 0 Å². The molecule has 0 spiro atoms. The Morgan fingerprint density at radius 1 is 1.70 bits per heavy atom. The van der Waals surface area contributed by atoms with Crippen LogP contribution in [0.4, 0.5) is 0 Å². The molecule has 2 aromatic heterocycles. The van der Waals surface area contributed by atoms with Crippen molar-refractivity contribution in [1.82, 2.24) is 14.6 Å². The number of halogens is 1. The normalized spacial score (nSPS) is 11.0. The summed E-state index contributed by atoms with van der Waals surface area (Å²) < 4.78 is 2.91. The molecule has 0 saturated heterocycles. The highest BCUT2D eigenvalue weighted by Gasteiger charge is 2.04. The summed E-state index contributed by atoms with van der Waals surface area (Å²) in [5.74, 6) is 0. The molecule has 0 fully saturated rings. The maximum atomic E-state index is 4.12. The van der Waals surface area contributed by atoms with E-state index in [-0.39, 0.29) is 0 Å². The van der Waals surface area contributed by atoms with Gasteiger partial charge in [-0.05, 0) is 22.9 Å². The number of hydrogen-bond donors (Lipinski definition) is 1. The van der Waals surface area contributed by atoms with Crippen molar-refractivity contribution in [2.24, 2.45) is 0 Å². The molecule has 10 heavy (non-hydrogen) atoms. The Bertz CT molecular complexity index is 360. The van der Waals surface area contributed by atoms with Gasteiger partial charge in [0.15, 0.2) is 5.65 Å². The maximum absolute atomic E-state index is 4.12. The van der Waals surface area contributed by atoms with Gasteiger partial charge in [-0.25, -0.2) is 9.50 Å². The van der Waals surface area contributed by atoms with E-state index in [0.29, 0.717) is 0 Å². The number of rotatable bonds is 0. The van der Waals surface area contributed by atoms with Gasteiger partial charge in [-0.3, -0.25) is 5.10 Å². The molecule has 2 aromatic rings. The van der Waals surface area contributed by atoms with E-state index in [0.717, 1.165) is 15.8 Å². The van der Waals surface area contributed by atoms with Gasteiger partial charge in [-0.2, -0.15) is 0 Å². The molecule has 4 heteroatoms. The topological polar surface area (TPSA) is 33.1 Å². The first-order valence-electron chi connectivity index (χ1n) is 2.96. The Labute approximate surface area is 66.2 Å². The molecule has 0 bridgehead atoms. The monoisotopic (exact) mass is 199 g/mol. The minimum Gasteiger partial charge on any atom is -0.296 e. The maximum Gasteiger partial charge on any atom is 0.167 e. The molecule has 0 unspecified atom stereocenters. The minimum atomic E-state index is 0.942. The van der Waals surface area contributed by atoms with Gasteiger partial charge in [0.25, 0.3) is 0 Å².